The monoisotopic (exact) mass is 201 g/mol. The Hall–Kier alpha value is -1.74. The van der Waals surface area contributed by atoms with Gasteiger partial charge in [-0.05, 0) is 0 Å². The highest BCUT2D eigenvalue weighted by molar-refractivity contribution is 6.26. The van der Waals surface area contributed by atoms with Gasteiger partial charge >= 0.3 is 0 Å². The molecule has 1 aromatic carbocycles. The highest BCUT2D eigenvalue weighted by atomic mass is 16.2. The minimum absolute atomic E-state index is 0.192. The van der Waals surface area contributed by atoms with Crippen LogP contribution in [0.25, 0.3) is 0 Å². The van der Waals surface area contributed by atoms with Gasteiger partial charge in [0.15, 0.2) is 11.6 Å². The van der Waals surface area contributed by atoms with E-state index in [0.29, 0.717) is 11.1 Å². The molecule has 3 heteroatoms. The van der Waals surface area contributed by atoms with Gasteiger partial charge in [-0.2, -0.15) is 0 Å². The smallest absolute Gasteiger partial charge is 0.176 e. The Morgan fingerprint density at radius 3 is 2.07 bits per heavy atom. The fourth-order valence-electron chi connectivity index (χ4n) is 1.85. The van der Waals surface area contributed by atoms with Crippen LogP contribution in [0.2, 0.25) is 0 Å². The molecule has 1 aromatic rings. The Morgan fingerprint density at radius 1 is 1.20 bits per heavy atom. The van der Waals surface area contributed by atoms with Gasteiger partial charge in [-0.3, -0.25) is 9.59 Å². The van der Waals surface area contributed by atoms with Gasteiger partial charge in [0.25, 0.3) is 0 Å². The molecule has 0 radical (unpaired) electrons. The Balaban J connectivity index is 2.50. The second kappa shape index (κ2) is 3.44. The van der Waals surface area contributed by atoms with Crippen LogP contribution in [0.15, 0.2) is 36.9 Å². The molecule has 2 rings (SSSR count). The topological polar surface area (TPSA) is 60.2 Å². The van der Waals surface area contributed by atoms with Crippen molar-refractivity contribution in [1.29, 1.82) is 0 Å². The van der Waals surface area contributed by atoms with E-state index in [0.717, 1.165) is 0 Å². The third-order valence-electron chi connectivity index (χ3n) is 2.68. The maximum Gasteiger partial charge on any atom is 0.176 e. The number of hydrogen-bond donors (Lipinski definition) is 1. The lowest BCUT2D eigenvalue weighted by atomic mass is 9.95. The van der Waals surface area contributed by atoms with E-state index in [9.17, 15) is 9.59 Å². The van der Waals surface area contributed by atoms with E-state index >= 15 is 0 Å². The number of benzene rings is 1. The van der Waals surface area contributed by atoms with Crippen molar-refractivity contribution in [3.8, 4) is 0 Å². The van der Waals surface area contributed by atoms with Crippen molar-refractivity contribution >= 4 is 11.6 Å². The van der Waals surface area contributed by atoms with E-state index in [1.165, 1.54) is 6.08 Å². The lowest BCUT2D eigenvalue weighted by Crippen LogP contribution is -2.35. The molecule has 0 fully saturated rings. The predicted octanol–water partition coefficient (Wildman–Crippen LogP) is 1.20. The SMILES string of the molecule is C=CC(N)C1C(=O)c2ccccc2C1=O. The first-order valence-corrected chi connectivity index (χ1v) is 4.72. The number of fused-ring (bicyclic) bond motifs is 1. The molecule has 0 saturated carbocycles. The Morgan fingerprint density at radius 2 is 1.67 bits per heavy atom. The van der Waals surface area contributed by atoms with Crippen LogP contribution in [0.1, 0.15) is 20.7 Å². The number of Topliss-reactive ketones (excluding diaryl/α,β-unsaturated/α-hetero) is 2. The van der Waals surface area contributed by atoms with Crippen LogP contribution < -0.4 is 5.73 Å². The molecule has 0 bridgehead atoms. The van der Waals surface area contributed by atoms with Gasteiger partial charge in [-0.25, -0.2) is 0 Å². The van der Waals surface area contributed by atoms with Crippen LogP contribution in [-0.2, 0) is 0 Å². The van der Waals surface area contributed by atoms with E-state index in [-0.39, 0.29) is 11.6 Å². The van der Waals surface area contributed by atoms with Crippen molar-refractivity contribution in [3.05, 3.63) is 48.0 Å². The van der Waals surface area contributed by atoms with Crippen LogP contribution >= 0.6 is 0 Å². The van der Waals surface area contributed by atoms with Crippen molar-refractivity contribution in [2.24, 2.45) is 11.7 Å². The molecule has 0 heterocycles. The van der Waals surface area contributed by atoms with Crippen molar-refractivity contribution in [3.63, 3.8) is 0 Å². The quantitative estimate of drug-likeness (QED) is 0.577. The molecule has 15 heavy (non-hydrogen) atoms. The Kier molecular flexibility index (Phi) is 2.25. The minimum Gasteiger partial charge on any atom is -0.323 e. The normalized spacial score (nSPS) is 17.7. The molecule has 1 aliphatic rings. The first-order valence-electron chi connectivity index (χ1n) is 4.72. The van der Waals surface area contributed by atoms with Crippen LogP contribution in [-0.4, -0.2) is 17.6 Å². The first kappa shape index (κ1) is 9.80. The number of rotatable bonds is 2. The summed E-state index contributed by atoms with van der Waals surface area (Å²) < 4.78 is 0. The summed E-state index contributed by atoms with van der Waals surface area (Å²) >= 11 is 0. The van der Waals surface area contributed by atoms with Crippen LogP contribution in [0, 0.1) is 5.92 Å². The summed E-state index contributed by atoms with van der Waals surface area (Å²) in [5.41, 5.74) is 6.63. The number of carbonyl (C=O) groups is 2. The maximum absolute atomic E-state index is 11.9. The fraction of sp³-hybridized carbons (Fsp3) is 0.167. The van der Waals surface area contributed by atoms with E-state index < -0.39 is 12.0 Å². The average Bonchev–Trinajstić information content (AvgIpc) is 2.52. The van der Waals surface area contributed by atoms with Crippen LogP contribution in [0.5, 0.6) is 0 Å². The van der Waals surface area contributed by atoms with Gasteiger partial charge in [-0.15, -0.1) is 6.58 Å². The summed E-state index contributed by atoms with van der Waals surface area (Å²) in [7, 11) is 0. The van der Waals surface area contributed by atoms with Gasteiger partial charge < -0.3 is 5.73 Å². The van der Waals surface area contributed by atoms with Gasteiger partial charge in [0.05, 0.1) is 0 Å². The molecule has 0 spiro atoms. The highest BCUT2D eigenvalue weighted by Gasteiger charge is 2.40. The molecule has 76 valence electrons. The average molecular weight is 201 g/mol. The minimum atomic E-state index is -0.778. The second-order valence-electron chi connectivity index (χ2n) is 3.56. The van der Waals surface area contributed by atoms with E-state index in [1.54, 1.807) is 24.3 Å². The summed E-state index contributed by atoms with van der Waals surface area (Å²) in [4.78, 5) is 23.7. The molecule has 1 aliphatic carbocycles. The van der Waals surface area contributed by atoms with E-state index in [2.05, 4.69) is 6.58 Å². The van der Waals surface area contributed by atoms with Gasteiger partial charge in [0.1, 0.15) is 5.92 Å². The molecule has 0 amide bonds. The summed E-state index contributed by atoms with van der Waals surface area (Å²) in [6, 6.07) is 6.20. The number of carbonyl (C=O) groups excluding carboxylic acids is 2. The Bertz CT molecular complexity index is 416. The summed E-state index contributed by atoms with van der Waals surface area (Å²) in [5, 5.41) is 0. The Labute approximate surface area is 87.6 Å². The lowest BCUT2D eigenvalue weighted by molar-refractivity contribution is 0.0829. The summed E-state index contributed by atoms with van der Waals surface area (Å²) in [5.74, 6) is -1.16. The molecule has 0 saturated heterocycles. The lowest BCUT2D eigenvalue weighted by Gasteiger charge is -2.11. The number of nitrogens with two attached hydrogens (primary N) is 1. The molecule has 3 nitrogen and oxygen atoms in total. The molecular formula is C12H11NO2. The molecule has 1 atom stereocenters. The standard InChI is InChI=1S/C12H11NO2/c1-2-9(13)10-11(14)7-5-3-4-6-8(7)12(10)15/h2-6,9-10H,1,13H2. The van der Waals surface area contributed by atoms with Crippen molar-refractivity contribution in [2.75, 3.05) is 0 Å². The van der Waals surface area contributed by atoms with Crippen LogP contribution in [0.3, 0.4) is 0 Å². The highest BCUT2D eigenvalue weighted by Crippen LogP contribution is 2.28. The summed E-state index contributed by atoms with van der Waals surface area (Å²) in [6.07, 6.45) is 1.44. The van der Waals surface area contributed by atoms with Crippen molar-refractivity contribution < 1.29 is 9.59 Å². The largest absolute Gasteiger partial charge is 0.323 e. The maximum atomic E-state index is 11.9. The first-order chi connectivity index (χ1) is 7.16. The van der Waals surface area contributed by atoms with E-state index in [1.807, 2.05) is 0 Å². The van der Waals surface area contributed by atoms with Crippen LogP contribution in [0.4, 0.5) is 0 Å². The number of ketones is 2. The second-order valence-corrected chi connectivity index (χ2v) is 3.56. The molecule has 0 aliphatic heterocycles. The third kappa shape index (κ3) is 1.32. The van der Waals surface area contributed by atoms with Crippen molar-refractivity contribution in [2.45, 2.75) is 6.04 Å². The molecule has 2 N–H and O–H groups in total. The molecular weight excluding hydrogens is 190 g/mol. The zero-order valence-electron chi connectivity index (χ0n) is 8.14. The molecule has 0 aromatic heterocycles. The van der Waals surface area contributed by atoms with E-state index in [4.69, 9.17) is 5.73 Å². The molecule has 1 unspecified atom stereocenters. The fourth-order valence-corrected chi connectivity index (χ4v) is 1.85. The van der Waals surface area contributed by atoms with Crippen molar-refractivity contribution in [1.82, 2.24) is 0 Å². The predicted molar refractivity (Wildman–Crippen MR) is 56.8 cm³/mol. The van der Waals surface area contributed by atoms with Gasteiger partial charge in [0.2, 0.25) is 0 Å². The third-order valence-corrected chi connectivity index (χ3v) is 2.68. The van der Waals surface area contributed by atoms with Gasteiger partial charge in [-0.1, -0.05) is 30.3 Å². The summed E-state index contributed by atoms with van der Waals surface area (Å²) in [6.45, 7) is 3.51. The van der Waals surface area contributed by atoms with Gasteiger partial charge in [0, 0.05) is 17.2 Å². The zero-order valence-corrected chi connectivity index (χ0v) is 8.14. The zero-order chi connectivity index (χ0) is 11.0. The number of hydrogen-bond acceptors (Lipinski definition) is 3.